The lowest BCUT2D eigenvalue weighted by Gasteiger charge is -2.29. The van der Waals surface area contributed by atoms with Crippen LogP contribution in [0.2, 0.25) is 0 Å². The van der Waals surface area contributed by atoms with Crippen LogP contribution < -0.4 is 15.8 Å². The standard InChI is InChI=1S/C14H19FN2O2/c1-14(8-16,10-4-5-10)17-13(18)9-3-6-12(19-2)11(15)7-9/h3,6-7,10H,4-5,8,16H2,1-2H3,(H,17,18). The third kappa shape index (κ3) is 2.87. The maximum absolute atomic E-state index is 13.6. The van der Waals surface area contributed by atoms with Crippen molar-refractivity contribution in [1.82, 2.24) is 5.32 Å². The fourth-order valence-corrected chi connectivity index (χ4v) is 2.18. The van der Waals surface area contributed by atoms with E-state index in [9.17, 15) is 9.18 Å². The van der Waals surface area contributed by atoms with Crippen molar-refractivity contribution in [3.8, 4) is 5.75 Å². The van der Waals surface area contributed by atoms with Gasteiger partial charge >= 0.3 is 0 Å². The number of nitrogens with one attached hydrogen (secondary N) is 1. The van der Waals surface area contributed by atoms with Crippen LogP contribution in [0, 0.1) is 11.7 Å². The molecule has 1 saturated carbocycles. The molecule has 4 nitrogen and oxygen atoms in total. The van der Waals surface area contributed by atoms with Crippen LogP contribution in [-0.2, 0) is 0 Å². The highest BCUT2D eigenvalue weighted by Crippen LogP contribution is 2.39. The number of hydrogen-bond donors (Lipinski definition) is 2. The van der Waals surface area contributed by atoms with Gasteiger partial charge in [0.25, 0.3) is 5.91 Å². The Labute approximate surface area is 112 Å². The minimum atomic E-state index is -0.545. The molecule has 0 heterocycles. The summed E-state index contributed by atoms with van der Waals surface area (Å²) in [6, 6.07) is 4.17. The van der Waals surface area contributed by atoms with Gasteiger partial charge in [-0.25, -0.2) is 4.39 Å². The number of nitrogens with two attached hydrogens (primary N) is 1. The monoisotopic (exact) mass is 266 g/mol. The average molecular weight is 266 g/mol. The van der Waals surface area contributed by atoms with Crippen molar-refractivity contribution in [2.75, 3.05) is 13.7 Å². The second kappa shape index (κ2) is 5.17. The topological polar surface area (TPSA) is 64.3 Å². The second-order valence-corrected chi connectivity index (χ2v) is 5.20. The van der Waals surface area contributed by atoms with Crippen LogP contribution in [0.5, 0.6) is 5.75 Å². The first-order chi connectivity index (χ1) is 9.00. The molecule has 5 heteroatoms. The summed E-state index contributed by atoms with van der Waals surface area (Å²) in [5.41, 5.74) is 5.61. The molecule has 1 fully saturated rings. The Morgan fingerprint density at radius 2 is 2.26 bits per heavy atom. The molecule has 104 valence electrons. The fourth-order valence-electron chi connectivity index (χ4n) is 2.18. The highest BCUT2D eigenvalue weighted by Gasteiger charge is 2.41. The van der Waals surface area contributed by atoms with Gasteiger partial charge in [0.15, 0.2) is 11.6 Å². The zero-order valence-corrected chi connectivity index (χ0v) is 11.2. The first-order valence-electron chi connectivity index (χ1n) is 6.36. The number of carbonyl (C=O) groups excluding carboxylic acids is 1. The molecule has 2 rings (SSSR count). The Hall–Kier alpha value is -1.62. The van der Waals surface area contributed by atoms with E-state index in [1.165, 1.54) is 19.2 Å². The molecule has 1 aliphatic carbocycles. The van der Waals surface area contributed by atoms with Gasteiger partial charge in [0.05, 0.1) is 12.6 Å². The Kier molecular flexibility index (Phi) is 3.75. The number of hydrogen-bond acceptors (Lipinski definition) is 3. The van der Waals surface area contributed by atoms with Crippen LogP contribution in [0.3, 0.4) is 0 Å². The predicted molar refractivity (Wildman–Crippen MR) is 70.6 cm³/mol. The quantitative estimate of drug-likeness (QED) is 0.852. The molecule has 1 amide bonds. The summed E-state index contributed by atoms with van der Waals surface area (Å²) < 4.78 is 18.4. The highest BCUT2D eigenvalue weighted by molar-refractivity contribution is 5.94. The Morgan fingerprint density at radius 1 is 1.58 bits per heavy atom. The second-order valence-electron chi connectivity index (χ2n) is 5.20. The normalized spacial score (nSPS) is 17.7. The summed E-state index contributed by atoms with van der Waals surface area (Å²) in [7, 11) is 1.39. The van der Waals surface area contributed by atoms with Crippen molar-refractivity contribution >= 4 is 5.91 Å². The van der Waals surface area contributed by atoms with Crippen LogP contribution >= 0.6 is 0 Å². The van der Waals surface area contributed by atoms with Crippen LogP contribution in [0.1, 0.15) is 30.1 Å². The van der Waals surface area contributed by atoms with Crippen molar-refractivity contribution in [1.29, 1.82) is 0 Å². The third-order valence-electron chi connectivity index (χ3n) is 3.72. The molecular formula is C14H19FN2O2. The fraction of sp³-hybridized carbons (Fsp3) is 0.500. The molecule has 1 aliphatic rings. The number of carbonyl (C=O) groups is 1. The van der Waals surface area contributed by atoms with Crippen molar-refractivity contribution in [3.63, 3.8) is 0 Å². The van der Waals surface area contributed by atoms with E-state index < -0.39 is 11.4 Å². The van der Waals surface area contributed by atoms with E-state index in [1.807, 2.05) is 6.92 Å². The maximum Gasteiger partial charge on any atom is 0.251 e. The van der Waals surface area contributed by atoms with Crippen LogP contribution in [0.25, 0.3) is 0 Å². The first-order valence-corrected chi connectivity index (χ1v) is 6.36. The van der Waals surface area contributed by atoms with Crippen LogP contribution in [-0.4, -0.2) is 25.1 Å². The first kappa shape index (κ1) is 13.8. The molecular weight excluding hydrogens is 247 g/mol. The molecule has 0 saturated heterocycles. The largest absolute Gasteiger partial charge is 0.494 e. The molecule has 0 radical (unpaired) electrons. The van der Waals surface area contributed by atoms with Gasteiger partial charge in [-0.3, -0.25) is 4.79 Å². The smallest absolute Gasteiger partial charge is 0.251 e. The molecule has 1 atom stereocenters. The number of amides is 1. The van der Waals surface area contributed by atoms with E-state index in [0.29, 0.717) is 12.5 Å². The Bertz CT molecular complexity index is 488. The van der Waals surface area contributed by atoms with E-state index in [1.54, 1.807) is 6.07 Å². The summed E-state index contributed by atoms with van der Waals surface area (Å²) in [6.07, 6.45) is 2.15. The van der Waals surface area contributed by atoms with Gasteiger partial charge in [-0.2, -0.15) is 0 Å². The summed E-state index contributed by atoms with van der Waals surface area (Å²) in [5, 5.41) is 2.91. The number of methoxy groups -OCH3 is 1. The molecule has 19 heavy (non-hydrogen) atoms. The lowest BCUT2D eigenvalue weighted by Crippen LogP contribution is -2.53. The summed E-state index contributed by atoms with van der Waals surface area (Å²) >= 11 is 0. The molecule has 1 aromatic carbocycles. The van der Waals surface area contributed by atoms with Gasteiger partial charge in [-0.1, -0.05) is 0 Å². The van der Waals surface area contributed by atoms with E-state index in [4.69, 9.17) is 10.5 Å². The van der Waals surface area contributed by atoms with E-state index in [2.05, 4.69) is 5.32 Å². The van der Waals surface area contributed by atoms with Gasteiger partial charge < -0.3 is 15.8 Å². The van der Waals surface area contributed by atoms with Crippen molar-refractivity contribution in [3.05, 3.63) is 29.6 Å². The zero-order valence-electron chi connectivity index (χ0n) is 11.2. The van der Waals surface area contributed by atoms with Gasteiger partial charge in [-0.15, -0.1) is 0 Å². The highest BCUT2D eigenvalue weighted by atomic mass is 19.1. The van der Waals surface area contributed by atoms with Crippen LogP contribution in [0.4, 0.5) is 4.39 Å². The SMILES string of the molecule is COc1ccc(C(=O)NC(C)(CN)C2CC2)cc1F. The number of halogens is 1. The number of ether oxygens (including phenoxy) is 1. The molecule has 1 aromatic rings. The lowest BCUT2D eigenvalue weighted by molar-refractivity contribution is 0.0897. The third-order valence-corrected chi connectivity index (χ3v) is 3.72. The molecule has 0 spiro atoms. The Morgan fingerprint density at radius 3 is 2.74 bits per heavy atom. The molecule has 0 aliphatic heterocycles. The summed E-state index contributed by atoms with van der Waals surface area (Å²) in [4.78, 5) is 12.1. The zero-order chi connectivity index (χ0) is 14.0. The minimum absolute atomic E-state index is 0.125. The van der Waals surface area contributed by atoms with Gasteiger partial charge in [0, 0.05) is 12.1 Å². The van der Waals surface area contributed by atoms with Gasteiger partial charge in [0.2, 0.25) is 0 Å². The maximum atomic E-state index is 13.6. The van der Waals surface area contributed by atoms with E-state index >= 15 is 0 Å². The summed E-state index contributed by atoms with van der Waals surface area (Å²) in [6.45, 7) is 2.31. The Balaban J connectivity index is 2.13. The van der Waals surface area contributed by atoms with E-state index in [-0.39, 0.29) is 17.2 Å². The van der Waals surface area contributed by atoms with Crippen molar-refractivity contribution < 1.29 is 13.9 Å². The predicted octanol–water partition coefficient (Wildman–Crippen LogP) is 1.69. The van der Waals surface area contributed by atoms with Gasteiger partial charge in [-0.05, 0) is 43.9 Å². The number of rotatable bonds is 5. The molecule has 1 unspecified atom stereocenters. The lowest BCUT2D eigenvalue weighted by atomic mass is 9.95. The van der Waals surface area contributed by atoms with Crippen molar-refractivity contribution in [2.24, 2.45) is 11.7 Å². The van der Waals surface area contributed by atoms with Gasteiger partial charge in [0.1, 0.15) is 0 Å². The average Bonchev–Trinajstić information content (AvgIpc) is 3.23. The molecule has 0 bridgehead atoms. The van der Waals surface area contributed by atoms with E-state index in [0.717, 1.165) is 12.8 Å². The summed E-state index contributed by atoms with van der Waals surface area (Å²) in [5.74, 6) is -0.303. The number of benzene rings is 1. The van der Waals surface area contributed by atoms with Crippen molar-refractivity contribution in [2.45, 2.75) is 25.3 Å². The molecule has 0 aromatic heterocycles. The molecule has 3 N–H and O–H groups in total. The van der Waals surface area contributed by atoms with Crippen LogP contribution in [0.15, 0.2) is 18.2 Å². The minimum Gasteiger partial charge on any atom is -0.494 e.